The summed E-state index contributed by atoms with van der Waals surface area (Å²) >= 11 is 0. The first-order valence-corrected chi connectivity index (χ1v) is 6.73. The van der Waals surface area contributed by atoms with Crippen LogP contribution >= 0.6 is 0 Å². The average molecular weight is 254 g/mol. The number of nitrogens with one attached hydrogen (secondary N) is 1. The van der Waals surface area contributed by atoms with E-state index in [2.05, 4.69) is 4.72 Å². The molecule has 0 spiro atoms. The summed E-state index contributed by atoms with van der Waals surface area (Å²) in [5, 5.41) is 17.8. The highest BCUT2D eigenvalue weighted by Gasteiger charge is 2.14. The molecule has 1 atom stereocenters. The van der Waals surface area contributed by atoms with E-state index in [1.165, 1.54) is 6.92 Å². The molecular formula is C11H14N2O3S. The van der Waals surface area contributed by atoms with Gasteiger partial charge in [0, 0.05) is 6.54 Å². The molecule has 0 aliphatic heterocycles. The van der Waals surface area contributed by atoms with Gasteiger partial charge in [-0.05, 0) is 18.6 Å². The van der Waals surface area contributed by atoms with Crippen LogP contribution in [-0.2, 0) is 15.8 Å². The van der Waals surface area contributed by atoms with Crippen molar-refractivity contribution in [1.29, 1.82) is 5.26 Å². The fourth-order valence-electron chi connectivity index (χ4n) is 1.26. The fourth-order valence-corrected chi connectivity index (χ4v) is 2.52. The lowest BCUT2D eigenvalue weighted by Gasteiger charge is -2.09. The van der Waals surface area contributed by atoms with Crippen LogP contribution in [0.25, 0.3) is 0 Å². The summed E-state index contributed by atoms with van der Waals surface area (Å²) in [6.45, 7) is 1.46. The zero-order chi connectivity index (χ0) is 12.9. The largest absolute Gasteiger partial charge is 0.392 e. The number of sulfonamides is 1. The maximum atomic E-state index is 11.6. The number of aliphatic hydroxyl groups is 1. The minimum absolute atomic E-state index is 0.0307. The molecule has 1 aromatic rings. The van der Waals surface area contributed by atoms with E-state index in [-0.39, 0.29) is 12.3 Å². The van der Waals surface area contributed by atoms with Crippen LogP contribution in [0.2, 0.25) is 0 Å². The first kappa shape index (κ1) is 13.6. The molecule has 0 radical (unpaired) electrons. The van der Waals surface area contributed by atoms with E-state index in [0.29, 0.717) is 11.1 Å². The third kappa shape index (κ3) is 4.53. The molecule has 6 heteroatoms. The second-order valence-electron chi connectivity index (χ2n) is 3.73. The van der Waals surface area contributed by atoms with Crippen LogP contribution in [0.5, 0.6) is 0 Å². The zero-order valence-corrected chi connectivity index (χ0v) is 10.2. The quantitative estimate of drug-likeness (QED) is 0.793. The third-order valence-electron chi connectivity index (χ3n) is 2.08. The van der Waals surface area contributed by atoms with E-state index in [9.17, 15) is 8.42 Å². The van der Waals surface area contributed by atoms with E-state index in [1.54, 1.807) is 24.3 Å². The summed E-state index contributed by atoms with van der Waals surface area (Å²) in [5.74, 6) is -0.260. The van der Waals surface area contributed by atoms with Gasteiger partial charge in [-0.3, -0.25) is 0 Å². The second kappa shape index (κ2) is 5.77. The van der Waals surface area contributed by atoms with Crippen molar-refractivity contribution in [2.24, 2.45) is 0 Å². The van der Waals surface area contributed by atoms with Crippen LogP contribution in [0.3, 0.4) is 0 Å². The second-order valence-corrected chi connectivity index (χ2v) is 5.53. The smallest absolute Gasteiger partial charge is 0.215 e. The number of aliphatic hydroxyl groups excluding tert-OH is 1. The van der Waals surface area contributed by atoms with E-state index < -0.39 is 16.1 Å². The topological polar surface area (TPSA) is 90.2 Å². The first-order chi connectivity index (χ1) is 7.94. The number of nitriles is 1. The number of rotatable bonds is 5. The summed E-state index contributed by atoms with van der Waals surface area (Å²) in [6, 6.07) is 8.47. The summed E-state index contributed by atoms with van der Waals surface area (Å²) in [7, 11) is -3.52. The molecule has 92 valence electrons. The van der Waals surface area contributed by atoms with Crippen molar-refractivity contribution in [3.05, 3.63) is 35.4 Å². The summed E-state index contributed by atoms with van der Waals surface area (Å²) in [6.07, 6.45) is -0.740. The Labute approximate surface area is 101 Å². The predicted octanol–water partition coefficient (Wildman–Crippen LogP) is 0.358. The van der Waals surface area contributed by atoms with Gasteiger partial charge in [-0.25, -0.2) is 13.1 Å². The Morgan fingerprint density at radius 1 is 1.47 bits per heavy atom. The molecule has 0 aliphatic rings. The number of benzene rings is 1. The Morgan fingerprint density at radius 2 is 2.12 bits per heavy atom. The summed E-state index contributed by atoms with van der Waals surface area (Å²) < 4.78 is 25.6. The number of hydrogen-bond acceptors (Lipinski definition) is 4. The minimum Gasteiger partial charge on any atom is -0.392 e. The van der Waals surface area contributed by atoms with Gasteiger partial charge in [0.05, 0.1) is 23.5 Å². The molecule has 0 heterocycles. The lowest BCUT2D eigenvalue weighted by molar-refractivity contribution is 0.198. The van der Waals surface area contributed by atoms with E-state index in [4.69, 9.17) is 10.4 Å². The molecule has 17 heavy (non-hydrogen) atoms. The molecule has 1 rings (SSSR count). The molecule has 5 nitrogen and oxygen atoms in total. The van der Waals surface area contributed by atoms with Gasteiger partial charge in [0.25, 0.3) is 0 Å². The van der Waals surface area contributed by atoms with Gasteiger partial charge in [0.15, 0.2) is 0 Å². The van der Waals surface area contributed by atoms with Crippen molar-refractivity contribution < 1.29 is 13.5 Å². The van der Waals surface area contributed by atoms with Gasteiger partial charge < -0.3 is 5.11 Å². The predicted molar refractivity (Wildman–Crippen MR) is 63.5 cm³/mol. The molecular weight excluding hydrogens is 240 g/mol. The number of nitrogens with zero attached hydrogens (tertiary/aromatic N) is 1. The van der Waals surface area contributed by atoms with Crippen molar-refractivity contribution in [1.82, 2.24) is 4.72 Å². The SMILES string of the molecule is CC(O)CNS(=O)(=O)Cc1ccccc1C#N. The van der Waals surface area contributed by atoms with Crippen molar-refractivity contribution in [2.75, 3.05) is 6.54 Å². The van der Waals surface area contributed by atoms with Gasteiger partial charge >= 0.3 is 0 Å². The Balaban J connectivity index is 2.80. The van der Waals surface area contributed by atoms with E-state index in [1.807, 2.05) is 6.07 Å². The third-order valence-corrected chi connectivity index (χ3v) is 3.38. The van der Waals surface area contributed by atoms with E-state index >= 15 is 0 Å². The van der Waals surface area contributed by atoms with Crippen LogP contribution < -0.4 is 4.72 Å². The fraction of sp³-hybridized carbons (Fsp3) is 0.364. The van der Waals surface area contributed by atoms with Gasteiger partial charge in [0.1, 0.15) is 0 Å². The molecule has 0 amide bonds. The highest BCUT2D eigenvalue weighted by atomic mass is 32.2. The first-order valence-electron chi connectivity index (χ1n) is 5.08. The molecule has 0 saturated heterocycles. The normalized spacial score (nSPS) is 13.0. The standard InChI is InChI=1S/C11H14N2O3S/c1-9(14)7-13-17(15,16)8-11-5-3-2-4-10(11)6-12/h2-5,9,13-14H,7-8H2,1H3. The molecule has 0 aliphatic carbocycles. The van der Waals surface area contributed by atoms with Gasteiger partial charge in [-0.1, -0.05) is 18.2 Å². The molecule has 0 bridgehead atoms. The minimum atomic E-state index is -3.52. The van der Waals surface area contributed by atoms with Crippen LogP contribution in [0.4, 0.5) is 0 Å². The van der Waals surface area contributed by atoms with Gasteiger partial charge in [-0.15, -0.1) is 0 Å². The molecule has 0 fully saturated rings. The number of hydrogen-bond donors (Lipinski definition) is 2. The zero-order valence-electron chi connectivity index (χ0n) is 9.42. The Hall–Kier alpha value is -1.42. The average Bonchev–Trinajstić information content (AvgIpc) is 2.27. The van der Waals surface area contributed by atoms with E-state index in [0.717, 1.165) is 0 Å². The molecule has 0 saturated carbocycles. The van der Waals surface area contributed by atoms with Crippen molar-refractivity contribution in [3.8, 4) is 6.07 Å². The van der Waals surface area contributed by atoms with Crippen LogP contribution in [0, 0.1) is 11.3 Å². The summed E-state index contributed by atoms with van der Waals surface area (Å²) in [4.78, 5) is 0. The Kier molecular flexibility index (Phi) is 4.63. The maximum absolute atomic E-state index is 11.6. The van der Waals surface area contributed by atoms with Gasteiger partial charge in [-0.2, -0.15) is 5.26 Å². The lowest BCUT2D eigenvalue weighted by atomic mass is 10.1. The van der Waals surface area contributed by atoms with Crippen molar-refractivity contribution >= 4 is 10.0 Å². The summed E-state index contributed by atoms with van der Waals surface area (Å²) in [5.41, 5.74) is 0.794. The van der Waals surface area contributed by atoms with Crippen LogP contribution in [-0.4, -0.2) is 26.2 Å². The van der Waals surface area contributed by atoms with Crippen LogP contribution in [0.15, 0.2) is 24.3 Å². The molecule has 1 unspecified atom stereocenters. The Morgan fingerprint density at radius 3 is 2.71 bits per heavy atom. The molecule has 1 aromatic carbocycles. The monoisotopic (exact) mass is 254 g/mol. The lowest BCUT2D eigenvalue weighted by Crippen LogP contribution is -2.31. The Bertz CT molecular complexity index is 518. The van der Waals surface area contributed by atoms with Gasteiger partial charge in [0.2, 0.25) is 10.0 Å². The van der Waals surface area contributed by atoms with Crippen molar-refractivity contribution in [3.63, 3.8) is 0 Å². The highest BCUT2D eigenvalue weighted by Crippen LogP contribution is 2.10. The molecule has 2 N–H and O–H groups in total. The highest BCUT2D eigenvalue weighted by molar-refractivity contribution is 7.88. The van der Waals surface area contributed by atoms with Crippen molar-refractivity contribution in [2.45, 2.75) is 18.8 Å². The maximum Gasteiger partial charge on any atom is 0.215 e. The van der Waals surface area contributed by atoms with Crippen LogP contribution in [0.1, 0.15) is 18.1 Å². The molecule has 0 aromatic heterocycles.